The minimum absolute atomic E-state index is 0.117. The number of amides is 2. The molecule has 1 aromatic rings. The van der Waals surface area contributed by atoms with E-state index < -0.39 is 0 Å². The Bertz CT molecular complexity index is 657. The lowest BCUT2D eigenvalue weighted by molar-refractivity contribution is -0.130. The Labute approximate surface area is 166 Å². The molecule has 2 fully saturated rings. The van der Waals surface area contributed by atoms with Crippen molar-refractivity contribution in [1.82, 2.24) is 15.1 Å². The molecule has 0 bridgehead atoms. The van der Waals surface area contributed by atoms with Gasteiger partial charge in [-0.05, 0) is 36.0 Å². The first kappa shape index (κ1) is 20.2. The fraction of sp³-hybridized carbons (Fsp3) is 0.619. The fourth-order valence-electron chi connectivity index (χ4n) is 3.15. The van der Waals surface area contributed by atoms with Crippen LogP contribution >= 0.6 is 11.8 Å². The average Bonchev–Trinajstić information content (AvgIpc) is 3.43. The molecule has 0 aromatic heterocycles. The first-order valence-electron chi connectivity index (χ1n) is 9.84. The molecule has 1 saturated carbocycles. The second-order valence-corrected chi connectivity index (χ2v) is 9.61. The molecule has 1 aliphatic heterocycles. The summed E-state index contributed by atoms with van der Waals surface area (Å²) in [6, 6.07) is 8.93. The summed E-state index contributed by atoms with van der Waals surface area (Å²) in [5, 5.41) is 3.02. The smallest absolute Gasteiger partial charge is 0.234 e. The van der Waals surface area contributed by atoms with Gasteiger partial charge < -0.3 is 10.2 Å². The van der Waals surface area contributed by atoms with E-state index in [1.807, 2.05) is 4.90 Å². The van der Waals surface area contributed by atoms with Crippen LogP contribution in [0.2, 0.25) is 0 Å². The Kier molecular flexibility index (Phi) is 6.48. The molecule has 2 aliphatic rings. The van der Waals surface area contributed by atoms with Crippen molar-refractivity contribution in [2.24, 2.45) is 0 Å². The van der Waals surface area contributed by atoms with Gasteiger partial charge in [-0.25, -0.2) is 0 Å². The topological polar surface area (TPSA) is 52.7 Å². The summed E-state index contributed by atoms with van der Waals surface area (Å²) < 4.78 is 0. The van der Waals surface area contributed by atoms with Gasteiger partial charge in [0.05, 0.1) is 12.3 Å². The molecule has 0 radical (unpaired) electrons. The molecule has 1 aliphatic carbocycles. The van der Waals surface area contributed by atoms with E-state index >= 15 is 0 Å². The Balaban J connectivity index is 1.38. The number of thioether (sulfide) groups is 1. The zero-order chi connectivity index (χ0) is 19.4. The van der Waals surface area contributed by atoms with Crippen molar-refractivity contribution in [1.29, 1.82) is 0 Å². The van der Waals surface area contributed by atoms with E-state index in [-0.39, 0.29) is 17.2 Å². The van der Waals surface area contributed by atoms with Crippen molar-refractivity contribution in [3.63, 3.8) is 0 Å². The first-order chi connectivity index (χ1) is 12.8. The number of nitrogens with zero attached hydrogens (tertiary/aromatic N) is 2. The summed E-state index contributed by atoms with van der Waals surface area (Å²) >= 11 is 1.60. The molecule has 6 heteroatoms. The largest absolute Gasteiger partial charge is 0.352 e. The summed E-state index contributed by atoms with van der Waals surface area (Å²) in [5.41, 5.74) is 1.45. The molecule has 1 N–H and O–H groups in total. The Morgan fingerprint density at radius 2 is 1.70 bits per heavy atom. The molecular weight excluding hydrogens is 358 g/mol. The monoisotopic (exact) mass is 389 g/mol. The van der Waals surface area contributed by atoms with Crippen molar-refractivity contribution in [3.05, 3.63) is 29.8 Å². The highest BCUT2D eigenvalue weighted by molar-refractivity contribution is 8.00. The molecule has 1 aromatic carbocycles. The summed E-state index contributed by atoms with van der Waals surface area (Å²) in [4.78, 5) is 29.6. The van der Waals surface area contributed by atoms with Gasteiger partial charge in [0.1, 0.15) is 0 Å². The third-order valence-corrected chi connectivity index (χ3v) is 6.11. The van der Waals surface area contributed by atoms with Crippen LogP contribution in [0.1, 0.15) is 39.2 Å². The van der Waals surface area contributed by atoms with Gasteiger partial charge in [0.2, 0.25) is 11.8 Å². The molecule has 0 atom stereocenters. The summed E-state index contributed by atoms with van der Waals surface area (Å²) in [6.45, 7) is 10.0. The van der Waals surface area contributed by atoms with E-state index in [1.165, 1.54) is 5.56 Å². The second kappa shape index (κ2) is 8.65. The average molecular weight is 390 g/mol. The predicted molar refractivity (Wildman–Crippen MR) is 110 cm³/mol. The number of carbonyl (C=O) groups excluding carboxylic acids is 2. The van der Waals surface area contributed by atoms with Gasteiger partial charge in [0, 0.05) is 37.1 Å². The van der Waals surface area contributed by atoms with E-state index in [2.05, 4.69) is 55.3 Å². The van der Waals surface area contributed by atoms with Gasteiger partial charge in [-0.15, -0.1) is 11.8 Å². The molecular formula is C21H31N3O2S. The lowest BCUT2D eigenvalue weighted by Gasteiger charge is -2.34. The van der Waals surface area contributed by atoms with Crippen LogP contribution in [-0.2, 0) is 15.0 Å². The van der Waals surface area contributed by atoms with E-state index in [0.717, 1.165) is 30.8 Å². The van der Waals surface area contributed by atoms with E-state index in [1.54, 1.807) is 11.8 Å². The maximum Gasteiger partial charge on any atom is 0.234 e. The zero-order valence-corrected chi connectivity index (χ0v) is 17.5. The normalized spacial score (nSPS) is 18.4. The van der Waals surface area contributed by atoms with Gasteiger partial charge in [-0.2, -0.15) is 0 Å². The minimum atomic E-state index is 0.117. The van der Waals surface area contributed by atoms with Crippen LogP contribution in [0.3, 0.4) is 0 Å². The lowest BCUT2D eigenvalue weighted by atomic mass is 9.87. The van der Waals surface area contributed by atoms with Crippen molar-refractivity contribution >= 4 is 23.6 Å². The van der Waals surface area contributed by atoms with Crippen molar-refractivity contribution in [2.45, 2.75) is 50.0 Å². The SMILES string of the molecule is CC(C)(C)c1ccc(SCC(=O)N2CCN(CC(=O)NC3CC3)CC2)cc1. The Morgan fingerprint density at radius 3 is 2.26 bits per heavy atom. The predicted octanol–water partition coefficient (Wildman–Crippen LogP) is 2.50. The second-order valence-electron chi connectivity index (χ2n) is 8.56. The van der Waals surface area contributed by atoms with Crippen molar-refractivity contribution < 1.29 is 9.59 Å². The maximum absolute atomic E-state index is 12.5. The summed E-state index contributed by atoms with van der Waals surface area (Å²) in [6.07, 6.45) is 2.23. The Hall–Kier alpha value is -1.53. The lowest BCUT2D eigenvalue weighted by Crippen LogP contribution is -2.51. The highest BCUT2D eigenvalue weighted by Gasteiger charge is 2.26. The highest BCUT2D eigenvalue weighted by Crippen LogP contribution is 2.26. The van der Waals surface area contributed by atoms with Crippen LogP contribution in [0, 0.1) is 0 Å². The first-order valence-corrected chi connectivity index (χ1v) is 10.8. The van der Waals surface area contributed by atoms with Gasteiger partial charge in [-0.3, -0.25) is 14.5 Å². The molecule has 1 heterocycles. The number of hydrogen-bond acceptors (Lipinski definition) is 4. The van der Waals surface area contributed by atoms with Gasteiger partial charge >= 0.3 is 0 Å². The number of piperazine rings is 1. The molecule has 5 nitrogen and oxygen atoms in total. The van der Waals surface area contributed by atoms with Crippen LogP contribution in [0.5, 0.6) is 0 Å². The van der Waals surface area contributed by atoms with Crippen LogP contribution < -0.4 is 5.32 Å². The van der Waals surface area contributed by atoms with Gasteiger partial charge in [0.15, 0.2) is 0 Å². The molecule has 0 spiro atoms. The third-order valence-electron chi connectivity index (χ3n) is 5.12. The summed E-state index contributed by atoms with van der Waals surface area (Å²) in [7, 11) is 0. The van der Waals surface area contributed by atoms with Gasteiger partial charge in [-0.1, -0.05) is 32.9 Å². The maximum atomic E-state index is 12.5. The number of rotatable bonds is 6. The quantitative estimate of drug-likeness (QED) is 0.760. The van der Waals surface area contributed by atoms with E-state index in [0.29, 0.717) is 31.4 Å². The highest BCUT2D eigenvalue weighted by atomic mass is 32.2. The fourth-order valence-corrected chi connectivity index (χ4v) is 3.95. The molecule has 0 unspecified atom stereocenters. The standard InChI is InChI=1S/C21H31N3O2S/c1-21(2,3)16-4-8-18(9-5-16)27-15-20(26)24-12-10-23(11-13-24)14-19(25)22-17-6-7-17/h4-5,8-9,17H,6-7,10-15H2,1-3H3,(H,22,25). The van der Waals surface area contributed by atoms with Crippen molar-refractivity contribution in [3.8, 4) is 0 Å². The molecule has 2 amide bonds. The summed E-state index contributed by atoms with van der Waals surface area (Å²) in [5.74, 6) is 0.769. The number of carbonyl (C=O) groups is 2. The van der Waals surface area contributed by atoms with Crippen molar-refractivity contribution in [2.75, 3.05) is 38.5 Å². The molecule has 3 rings (SSSR count). The van der Waals surface area contributed by atoms with E-state index in [9.17, 15) is 9.59 Å². The number of nitrogens with one attached hydrogen (secondary N) is 1. The number of benzene rings is 1. The van der Waals surface area contributed by atoms with Crippen LogP contribution in [0.25, 0.3) is 0 Å². The molecule has 148 valence electrons. The minimum Gasteiger partial charge on any atom is -0.352 e. The van der Waals surface area contributed by atoms with Crippen LogP contribution in [0.4, 0.5) is 0 Å². The van der Waals surface area contributed by atoms with Crippen LogP contribution in [-0.4, -0.2) is 66.1 Å². The number of hydrogen-bond donors (Lipinski definition) is 1. The zero-order valence-electron chi connectivity index (χ0n) is 16.7. The van der Waals surface area contributed by atoms with Crippen LogP contribution in [0.15, 0.2) is 29.2 Å². The Morgan fingerprint density at radius 1 is 1.07 bits per heavy atom. The molecule has 27 heavy (non-hydrogen) atoms. The third kappa shape index (κ3) is 6.25. The van der Waals surface area contributed by atoms with E-state index in [4.69, 9.17) is 0 Å². The molecule has 1 saturated heterocycles. The van der Waals surface area contributed by atoms with Gasteiger partial charge in [0.25, 0.3) is 0 Å².